The molecule has 0 aliphatic heterocycles. The largest absolute Gasteiger partial charge is 0.481 e. The number of carboxylic acids is 1. The number of rotatable bonds is 10. The van der Waals surface area contributed by atoms with Crippen LogP contribution in [0.5, 0.6) is 0 Å². The van der Waals surface area contributed by atoms with E-state index in [1.807, 2.05) is 30.3 Å². The van der Waals surface area contributed by atoms with Crippen molar-refractivity contribution < 1.29 is 11.3 Å². The van der Waals surface area contributed by atoms with E-state index in [-0.39, 0.29) is 6.42 Å². The molecule has 0 aliphatic rings. The lowest BCUT2D eigenvalue weighted by molar-refractivity contribution is -0.137. The Kier molecular flexibility index (Phi) is 7.34. The zero-order chi connectivity index (χ0) is 24.0. The number of benzene rings is 2. The molecular weight excluding hydrogens is 398 g/mol. The van der Waals surface area contributed by atoms with Gasteiger partial charge in [-0.25, -0.2) is 4.98 Å². The number of hydrogen-bond donors (Lipinski definition) is 1. The number of carbonyl (C=O) groups is 1. The van der Waals surface area contributed by atoms with Gasteiger partial charge in [-0.05, 0) is 66.8 Å². The molecule has 0 saturated heterocycles. The van der Waals surface area contributed by atoms with Crippen LogP contribution in [0.3, 0.4) is 0 Å². The van der Waals surface area contributed by atoms with E-state index < -0.39 is 12.0 Å². The third-order valence-corrected chi connectivity index (χ3v) is 5.80. The molecule has 2 aromatic carbocycles. The van der Waals surface area contributed by atoms with Gasteiger partial charge in [-0.2, -0.15) is 5.26 Å². The summed E-state index contributed by atoms with van der Waals surface area (Å²) < 4.78 is 8.55. The average molecular weight is 431 g/mol. The monoisotopic (exact) mass is 430 g/mol. The second-order valence-electron chi connectivity index (χ2n) is 8.25. The minimum absolute atomic E-state index is 0.334. The molecule has 1 heterocycles. The maximum Gasteiger partial charge on any atom is 0.305 e. The van der Waals surface area contributed by atoms with E-state index in [9.17, 15) is 15.2 Å². The Balaban J connectivity index is 2.12. The summed E-state index contributed by atoms with van der Waals surface area (Å²) in [5.74, 6) is -0.510. The molecular formula is C27H31N3O2. The van der Waals surface area contributed by atoms with Gasteiger partial charge < -0.3 is 10.0 Å². The lowest BCUT2D eigenvalue weighted by Crippen LogP contribution is -2.31. The molecule has 1 N–H and O–H groups in total. The SMILES string of the molecule is [2H]C(C)(CC(=O)O)N(C)c1cc(-c2cccc(C#N)c2)c2cc(CCCCCC)ccc2n1. The number of hydrogen-bond acceptors (Lipinski definition) is 4. The Morgan fingerprint density at radius 1 is 1.22 bits per heavy atom. The quantitative estimate of drug-likeness (QED) is 0.388. The number of unbranched alkanes of at least 4 members (excludes halogenated alkanes) is 3. The summed E-state index contributed by atoms with van der Waals surface area (Å²) in [6, 6.07) is 16.4. The Labute approximate surface area is 191 Å². The first-order valence-electron chi connectivity index (χ1n) is 11.6. The molecule has 0 saturated carbocycles. The van der Waals surface area contributed by atoms with Crippen molar-refractivity contribution in [3.8, 4) is 17.2 Å². The number of carboxylic acid groups (broad SMARTS) is 1. The van der Waals surface area contributed by atoms with Crippen LogP contribution in [0.25, 0.3) is 22.0 Å². The van der Waals surface area contributed by atoms with Gasteiger partial charge in [-0.3, -0.25) is 4.79 Å². The minimum Gasteiger partial charge on any atom is -0.481 e. The molecule has 0 aliphatic carbocycles. The highest BCUT2D eigenvalue weighted by molar-refractivity contribution is 5.96. The number of pyridine rings is 1. The van der Waals surface area contributed by atoms with E-state index in [2.05, 4.69) is 25.1 Å². The normalized spacial score (nSPS) is 13.2. The van der Waals surface area contributed by atoms with E-state index in [4.69, 9.17) is 6.35 Å². The first kappa shape index (κ1) is 21.8. The van der Waals surface area contributed by atoms with Crippen molar-refractivity contribution in [2.24, 2.45) is 0 Å². The maximum atomic E-state index is 11.3. The van der Waals surface area contributed by atoms with Crippen molar-refractivity contribution in [3.05, 3.63) is 59.7 Å². The number of aliphatic carboxylic acids is 1. The van der Waals surface area contributed by atoms with E-state index >= 15 is 0 Å². The molecule has 0 fully saturated rings. The van der Waals surface area contributed by atoms with Gasteiger partial charge in [-0.15, -0.1) is 0 Å². The van der Waals surface area contributed by atoms with Crippen molar-refractivity contribution >= 4 is 22.7 Å². The van der Waals surface area contributed by atoms with E-state index in [0.717, 1.165) is 34.9 Å². The van der Waals surface area contributed by atoms with Gasteiger partial charge in [0.05, 0.1) is 24.9 Å². The third-order valence-electron chi connectivity index (χ3n) is 5.80. The van der Waals surface area contributed by atoms with Crippen LogP contribution in [-0.4, -0.2) is 29.1 Å². The standard InChI is InChI=1S/C27H31N3O2/c1-4-5-6-7-9-20-12-13-25-24(16-20)23(22-11-8-10-21(15-22)18-28)17-26(29-25)30(3)19(2)14-27(31)32/h8,10-13,15-17,19H,4-7,9,14H2,1-3H3,(H,31,32)/i19D. The van der Waals surface area contributed by atoms with Gasteiger partial charge in [0.1, 0.15) is 5.82 Å². The average Bonchev–Trinajstić information content (AvgIpc) is 2.79. The van der Waals surface area contributed by atoms with Crippen molar-refractivity contribution in [3.63, 3.8) is 0 Å². The summed E-state index contributed by atoms with van der Waals surface area (Å²) in [4.78, 5) is 17.7. The molecule has 0 spiro atoms. The smallest absolute Gasteiger partial charge is 0.305 e. The van der Waals surface area contributed by atoms with Gasteiger partial charge in [0.15, 0.2) is 0 Å². The Morgan fingerprint density at radius 3 is 2.75 bits per heavy atom. The number of aromatic nitrogens is 1. The molecule has 1 atom stereocenters. The van der Waals surface area contributed by atoms with Crippen LogP contribution < -0.4 is 4.90 Å². The van der Waals surface area contributed by atoms with Gasteiger partial charge >= 0.3 is 5.97 Å². The number of anilines is 1. The molecule has 3 aromatic rings. The molecule has 0 bridgehead atoms. The number of nitriles is 1. The molecule has 1 unspecified atom stereocenters. The molecule has 5 heteroatoms. The lowest BCUT2D eigenvalue weighted by Gasteiger charge is -2.26. The van der Waals surface area contributed by atoms with Gasteiger partial charge in [-0.1, -0.05) is 44.4 Å². The van der Waals surface area contributed by atoms with Crippen molar-refractivity contribution in [2.45, 2.75) is 58.4 Å². The fraction of sp³-hybridized carbons (Fsp3) is 0.370. The fourth-order valence-electron chi connectivity index (χ4n) is 3.87. The van der Waals surface area contributed by atoms with Crippen LogP contribution in [0, 0.1) is 11.3 Å². The number of aryl methyl sites for hydroxylation is 1. The highest BCUT2D eigenvalue weighted by Crippen LogP contribution is 2.33. The molecule has 166 valence electrons. The van der Waals surface area contributed by atoms with Crippen LogP contribution in [0.1, 0.15) is 58.4 Å². The number of fused-ring (bicyclic) bond motifs is 1. The van der Waals surface area contributed by atoms with E-state index in [0.29, 0.717) is 11.4 Å². The summed E-state index contributed by atoms with van der Waals surface area (Å²) in [5, 5.41) is 19.6. The number of nitrogens with zero attached hydrogens (tertiary/aromatic N) is 3. The molecule has 0 radical (unpaired) electrons. The topological polar surface area (TPSA) is 77.2 Å². The fourth-order valence-corrected chi connectivity index (χ4v) is 3.87. The summed E-state index contributed by atoms with van der Waals surface area (Å²) >= 11 is 0. The summed E-state index contributed by atoms with van der Waals surface area (Å²) in [6.45, 7) is 3.78. The van der Waals surface area contributed by atoms with Gasteiger partial charge in [0.2, 0.25) is 0 Å². The van der Waals surface area contributed by atoms with Crippen molar-refractivity contribution in [1.29, 1.82) is 5.26 Å². The second kappa shape index (κ2) is 10.8. The Morgan fingerprint density at radius 2 is 2.03 bits per heavy atom. The summed E-state index contributed by atoms with van der Waals surface area (Å²) in [7, 11) is 1.70. The van der Waals surface area contributed by atoms with Crippen LogP contribution in [-0.2, 0) is 11.2 Å². The third kappa shape index (κ3) is 5.64. The lowest BCUT2D eigenvalue weighted by atomic mass is 9.96. The first-order chi connectivity index (χ1) is 15.7. The van der Waals surface area contributed by atoms with Crippen LogP contribution in [0.2, 0.25) is 0 Å². The van der Waals surface area contributed by atoms with Crippen LogP contribution in [0.15, 0.2) is 48.5 Å². The summed E-state index contributed by atoms with van der Waals surface area (Å²) in [5.41, 5.74) is 4.40. The van der Waals surface area contributed by atoms with Crippen molar-refractivity contribution in [2.75, 3.05) is 11.9 Å². The molecule has 1 aromatic heterocycles. The Bertz CT molecular complexity index is 1180. The predicted octanol–water partition coefficient (Wildman–Crippen LogP) is 6.20. The van der Waals surface area contributed by atoms with Crippen molar-refractivity contribution in [1.82, 2.24) is 4.98 Å². The zero-order valence-electron chi connectivity index (χ0n) is 20.1. The van der Waals surface area contributed by atoms with E-state index in [1.165, 1.54) is 24.8 Å². The molecule has 0 amide bonds. The van der Waals surface area contributed by atoms with Crippen LogP contribution >= 0.6 is 0 Å². The predicted molar refractivity (Wildman–Crippen MR) is 130 cm³/mol. The summed E-state index contributed by atoms with van der Waals surface area (Å²) in [6.07, 6.45) is 5.45. The minimum atomic E-state index is -1.36. The van der Waals surface area contributed by atoms with Gasteiger partial charge in [0, 0.05) is 18.5 Å². The van der Waals surface area contributed by atoms with Crippen LogP contribution in [0.4, 0.5) is 5.82 Å². The van der Waals surface area contributed by atoms with E-state index in [1.54, 1.807) is 24.9 Å². The zero-order valence-corrected chi connectivity index (χ0v) is 19.1. The second-order valence-corrected chi connectivity index (χ2v) is 8.25. The first-order valence-corrected chi connectivity index (χ1v) is 11.1. The molecule has 3 rings (SSSR count). The molecule has 5 nitrogen and oxygen atoms in total. The highest BCUT2D eigenvalue weighted by atomic mass is 16.4. The highest BCUT2D eigenvalue weighted by Gasteiger charge is 2.17. The molecule has 32 heavy (non-hydrogen) atoms. The maximum absolute atomic E-state index is 11.3. The van der Waals surface area contributed by atoms with Gasteiger partial charge in [0.25, 0.3) is 0 Å². The Hall–Kier alpha value is -3.39.